The summed E-state index contributed by atoms with van der Waals surface area (Å²) in [4.78, 5) is 13.0. The molecule has 1 aliphatic carbocycles. The monoisotopic (exact) mass is 322 g/mol. The molecule has 0 aromatic carbocycles. The van der Waals surface area contributed by atoms with E-state index in [0.29, 0.717) is 27.7 Å². The van der Waals surface area contributed by atoms with Crippen LogP contribution >= 0.6 is 23.2 Å². The van der Waals surface area contributed by atoms with Gasteiger partial charge in [-0.3, -0.25) is 0 Å². The van der Waals surface area contributed by atoms with Crippen molar-refractivity contribution < 1.29 is 4.42 Å². The number of rotatable bonds is 2. The van der Waals surface area contributed by atoms with Gasteiger partial charge in [0.05, 0.1) is 17.5 Å². The fourth-order valence-corrected chi connectivity index (χ4v) is 3.56. The molecule has 2 atom stereocenters. The van der Waals surface area contributed by atoms with E-state index in [0.717, 1.165) is 30.8 Å². The third kappa shape index (κ3) is 2.21. The third-order valence-corrected chi connectivity index (χ3v) is 4.53. The van der Waals surface area contributed by atoms with Crippen LogP contribution in [0.2, 0.25) is 10.2 Å². The summed E-state index contributed by atoms with van der Waals surface area (Å²) in [6.45, 7) is 0. The smallest absolute Gasteiger partial charge is 0.197 e. The highest BCUT2D eigenvalue weighted by Gasteiger charge is 2.31. The van der Waals surface area contributed by atoms with Gasteiger partial charge in [0.15, 0.2) is 11.5 Å². The van der Waals surface area contributed by atoms with E-state index >= 15 is 0 Å². The zero-order valence-electron chi connectivity index (χ0n) is 11.0. The molecule has 0 N–H and O–H groups in total. The number of hydrogen-bond donors (Lipinski definition) is 0. The summed E-state index contributed by atoms with van der Waals surface area (Å²) in [7, 11) is 0. The second-order valence-corrected chi connectivity index (χ2v) is 6.08. The van der Waals surface area contributed by atoms with E-state index in [-0.39, 0.29) is 0 Å². The molecule has 0 amide bonds. The largest absolute Gasteiger partial charge is 0.449 e. The Morgan fingerprint density at radius 1 is 1.24 bits per heavy atom. The summed E-state index contributed by atoms with van der Waals surface area (Å²) in [6, 6.07) is 1.93. The van der Waals surface area contributed by atoms with Crippen LogP contribution < -0.4 is 0 Å². The Kier molecular flexibility index (Phi) is 3.12. The highest BCUT2D eigenvalue weighted by molar-refractivity contribution is 6.37. The Labute approximate surface area is 130 Å². The predicted octanol–water partition coefficient (Wildman–Crippen LogP) is 4.23. The van der Waals surface area contributed by atoms with Crippen LogP contribution in [0.3, 0.4) is 0 Å². The van der Waals surface area contributed by atoms with Crippen LogP contribution in [-0.2, 0) is 0 Å². The van der Waals surface area contributed by atoms with Gasteiger partial charge in [-0.15, -0.1) is 0 Å². The number of nitrogens with zero attached hydrogens (tertiary/aromatic N) is 4. The number of imidazole rings is 1. The molecule has 7 heteroatoms. The molecule has 0 saturated heterocycles. The Morgan fingerprint density at radius 3 is 2.95 bits per heavy atom. The molecule has 3 aromatic rings. The Balaban J connectivity index is 1.69. The molecule has 1 saturated carbocycles. The molecule has 1 fully saturated rings. The first-order valence-corrected chi connectivity index (χ1v) is 7.56. The zero-order valence-corrected chi connectivity index (χ0v) is 12.6. The van der Waals surface area contributed by atoms with Crippen molar-refractivity contribution in [3.8, 4) is 0 Å². The highest BCUT2D eigenvalue weighted by atomic mass is 35.5. The standard InChI is InChI=1S/C14H12Cl2N4O/c15-10-6-11(16)19-13-12(10)18-7-20(13)9-2-1-8(5-9)14-17-3-4-21-14/h3-4,6-9H,1-2,5H2/t8-,9+/m1/s1. The molecule has 3 heterocycles. The summed E-state index contributed by atoms with van der Waals surface area (Å²) < 4.78 is 7.48. The van der Waals surface area contributed by atoms with Gasteiger partial charge < -0.3 is 8.98 Å². The van der Waals surface area contributed by atoms with Crippen molar-refractivity contribution in [1.82, 2.24) is 19.5 Å². The molecule has 0 aliphatic heterocycles. The lowest BCUT2D eigenvalue weighted by atomic mass is 10.1. The first-order valence-electron chi connectivity index (χ1n) is 6.80. The van der Waals surface area contributed by atoms with Gasteiger partial charge >= 0.3 is 0 Å². The lowest BCUT2D eigenvalue weighted by Crippen LogP contribution is -2.05. The Bertz CT molecular complexity index is 784. The van der Waals surface area contributed by atoms with Crippen LogP contribution in [0.4, 0.5) is 0 Å². The molecule has 0 spiro atoms. The van der Waals surface area contributed by atoms with Crippen molar-refractivity contribution in [2.45, 2.75) is 31.2 Å². The maximum atomic E-state index is 6.17. The minimum atomic E-state index is 0.314. The van der Waals surface area contributed by atoms with Crippen molar-refractivity contribution in [2.24, 2.45) is 0 Å². The third-order valence-electron chi connectivity index (χ3n) is 4.05. The quantitative estimate of drug-likeness (QED) is 0.662. The lowest BCUT2D eigenvalue weighted by molar-refractivity contribution is 0.436. The molecular formula is C14H12Cl2N4O. The molecule has 5 nitrogen and oxygen atoms in total. The van der Waals surface area contributed by atoms with Crippen LogP contribution in [0.1, 0.15) is 37.1 Å². The molecule has 4 rings (SSSR count). The van der Waals surface area contributed by atoms with Crippen molar-refractivity contribution >= 4 is 34.4 Å². The highest BCUT2D eigenvalue weighted by Crippen LogP contribution is 2.41. The van der Waals surface area contributed by atoms with Gasteiger partial charge in [-0.05, 0) is 25.3 Å². The van der Waals surface area contributed by atoms with Gasteiger partial charge in [0.2, 0.25) is 0 Å². The molecule has 3 aromatic heterocycles. The van der Waals surface area contributed by atoms with Crippen LogP contribution in [0.25, 0.3) is 11.2 Å². The van der Waals surface area contributed by atoms with E-state index in [1.807, 2.05) is 0 Å². The fraction of sp³-hybridized carbons (Fsp3) is 0.357. The van der Waals surface area contributed by atoms with Crippen molar-refractivity contribution in [1.29, 1.82) is 0 Å². The van der Waals surface area contributed by atoms with Crippen LogP contribution in [-0.4, -0.2) is 19.5 Å². The molecule has 1 aliphatic rings. The molecule has 0 bridgehead atoms. The van der Waals surface area contributed by atoms with Crippen LogP contribution in [0, 0.1) is 0 Å². The first-order chi connectivity index (χ1) is 10.2. The number of oxazole rings is 1. The number of pyridine rings is 1. The molecule has 21 heavy (non-hydrogen) atoms. The van der Waals surface area contributed by atoms with E-state index in [4.69, 9.17) is 27.6 Å². The summed E-state index contributed by atoms with van der Waals surface area (Å²) in [5.41, 5.74) is 1.44. The van der Waals surface area contributed by atoms with Crippen LogP contribution in [0.5, 0.6) is 0 Å². The maximum Gasteiger partial charge on any atom is 0.197 e. The number of hydrogen-bond acceptors (Lipinski definition) is 4. The maximum absolute atomic E-state index is 6.17. The molecular weight excluding hydrogens is 311 g/mol. The van der Waals surface area contributed by atoms with E-state index in [2.05, 4.69) is 19.5 Å². The van der Waals surface area contributed by atoms with E-state index in [1.54, 1.807) is 24.9 Å². The average Bonchev–Trinajstić information content (AvgIpc) is 3.18. The molecule has 0 unspecified atom stereocenters. The summed E-state index contributed by atoms with van der Waals surface area (Å²) in [6.07, 6.45) is 8.14. The van der Waals surface area contributed by atoms with E-state index in [9.17, 15) is 0 Å². The average molecular weight is 323 g/mol. The van der Waals surface area contributed by atoms with Gasteiger partial charge in [0, 0.05) is 12.0 Å². The molecule has 0 radical (unpaired) electrons. The minimum Gasteiger partial charge on any atom is -0.449 e. The summed E-state index contributed by atoms with van der Waals surface area (Å²) in [5.74, 6) is 1.16. The lowest BCUT2D eigenvalue weighted by Gasteiger charge is -2.12. The summed E-state index contributed by atoms with van der Waals surface area (Å²) in [5, 5.41) is 0.919. The summed E-state index contributed by atoms with van der Waals surface area (Å²) >= 11 is 12.2. The van der Waals surface area contributed by atoms with Gasteiger partial charge in [0.25, 0.3) is 0 Å². The van der Waals surface area contributed by atoms with Crippen molar-refractivity contribution in [2.75, 3.05) is 0 Å². The second kappa shape index (κ2) is 5.00. The van der Waals surface area contributed by atoms with Gasteiger partial charge in [0.1, 0.15) is 16.9 Å². The van der Waals surface area contributed by atoms with Crippen molar-refractivity contribution in [3.63, 3.8) is 0 Å². The Hall–Kier alpha value is -1.59. The number of halogens is 2. The van der Waals surface area contributed by atoms with Crippen molar-refractivity contribution in [3.05, 3.63) is 40.9 Å². The zero-order chi connectivity index (χ0) is 14.4. The first kappa shape index (κ1) is 13.1. The predicted molar refractivity (Wildman–Crippen MR) is 79.7 cm³/mol. The molecule has 108 valence electrons. The van der Waals surface area contributed by atoms with Gasteiger partial charge in [-0.25, -0.2) is 15.0 Å². The van der Waals surface area contributed by atoms with Crippen LogP contribution in [0.15, 0.2) is 29.3 Å². The SMILES string of the molecule is Clc1cc(Cl)c2ncn([C@H]3CC[C@@H](c4ncco4)C3)c2n1. The second-order valence-electron chi connectivity index (χ2n) is 5.28. The number of aromatic nitrogens is 4. The fourth-order valence-electron chi connectivity index (χ4n) is 3.08. The van der Waals surface area contributed by atoms with Gasteiger partial charge in [-0.1, -0.05) is 23.2 Å². The topological polar surface area (TPSA) is 56.7 Å². The normalized spacial score (nSPS) is 22.2. The van der Waals surface area contributed by atoms with E-state index in [1.165, 1.54) is 0 Å². The number of fused-ring (bicyclic) bond motifs is 1. The van der Waals surface area contributed by atoms with Gasteiger partial charge in [-0.2, -0.15) is 0 Å². The minimum absolute atomic E-state index is 0.314. The Morgan fingerprint density at radius 2 is 2.14 bits per heavy atom. The van der Waals surface area contributed by atoms with E-state index < -0.39 is 0 Å².